The van der Waals surface area contributed by atoms with Crippen LogP contribution < -0.4 is 25.8 Å². The number of aliphatic hydroxyl groups excluding tert-OH is 6. The first-order valence-electron chi connectivity index (χ1n) is 21.4. The van der Waals surface area contributed by atoms with Crippen LogP contribution in [-0.4, -0.2) is 55.1 Å². The number of benzene rings is 4. The van der Waals surface area contributed by atoms with E-state index in [1.165, 1.54) is 30.3 Å². The smallest absolute Gasteiger partial charge is 0.193 e. The van der Waals surface area contributed by atoms with Gasteiger partial charge in [-0.05, 0) is 42.0 Å². The summed E-state index contributed by atoms with van der Waals surface area (Å²) in [7, 11) is 0. The first-order valence-corrected chi connectivity index (χ1v) is 21.4. The number of hydrogen-bond acceptors (Lipinski definition) is 14. The zero-order chi connectivity index (χ0) is 45.4. The minimum atomic E-state index is -1.93. The Morgan fingerprint density at radius 3 is 1.20 bits per heavy atom. The molecule has 0 bridgehead atoms. The quantitative estimate of drug-likeness (QED) is 0.0912. The lowest BCUT2D eigenvalue weighted by molar-refractivity contribution is -0.126. The van der Waals surface area contributed by atoms with Crippen molar-refractivity contribution in [2.24, 2.45) is 0 Å². The fourth-order valence-corrected chi connectivity index (χ4v) is 8.56. The SMILES string of the molecule is O=c1cc(CCc2ccccc2)oc2c1C(Oc1cc3c(=O)cc(CCc4ccccc4)oc3cc1OC1c3c(oc(CCc4ccccc4)cc3=O)C(O)[C@@H](O)[C@H]1O)[C@@H](O)C(O)[C@H]2O. The molecule has 4 aromatic carbocycles. The molecule has 65 heavy (non-hydrogen) atoms. The normalized spacial score (nSPS) is 22.6. The molecule has 3 heterocycles. The van der Waals surface area contributed by atoms with Gasteiger partial charge in [-0.25, -0.2) is 0 Å². The van der Waals surface area contributed by atoms with E-state index in [1.807, 2.05) is 91.0 Å². The zero-order valence-corrected chi connectivity index (χ0v) is 34.9. The van der Waals surface area contributed by atoms with Crippen LogP contribution in [0.25, 0.3) is 11.0 Å². The van der Waals surface area contributed by atoms with Gasteiger partial charge in [0.1, 0.15) is 71.0 Å². The standard InChI is InChI=1S/C51H46O14/c52-34-22-30(19-16-27-10-4-1-5-11-27)61-37-26-39(65-51-41-36(54)24-32(21-18-29-14-8-3-9-15-29)63-49(41)45(58)43(56)47(51)60)38(25-33(34)37)64-50-40-35(53)23-31(20-17-28-12-6-2-7-13-28)62-48(40)44(57)42(55)46(50)59/h1-15,22-26,42-47,50-51,55-60H,16-21H2/t42?,43-,44-,45?,46+,47-,50?,51?/m1/s1. The third-order valence-corrected chi connectivity index (χ3v) is 12.1. The molecule has 4 unspecified atom stereocenters. The molecule has 6 N–H and O–H groups in total. The molecule has 0 saturated heterocycles. The molecule has 0 saturated carbocycles. The van der Waals surface area contributed by atoms with Crippen LogP contribution in [0.4, 0.5) is 0 Å². The number of ether oxygens (including phenoxy) is 2. The predicted octanol–water partition coefficient (Wildman–Crippen LogP) is 4.83. The summed E-state index contributed by atoms with van der Waals surface area (Å²) in [5, 5.41) is 67.5. The molecule has 0 fully saturated rings. The summed E-state index contributed by atoms with van der Waals surface area (Å²) in [5.41, 5.74) is 0.502. The molecular weight excluding hydrogens is 837 g/mol. The number of rotatable bonds is 13. The first kappa shape index (κ1) is 43.6. The van der Waals surface area contributed by atoms with Gasteiger partial charge < -0.3 is 53.4 Å². The Morgan fingerprint density at radius 2 is 0.785 bits per heavy atom. The number of aryl methyl sites for hydroxylation is 6. The molecule has 9 rings (SSSR count). The summed E-state index contributed by atoms with van der Waals surface area (Å²) in [5.74, 6) is -0.532. The van der Waals surface area contributed by atoms with Crippen molar-refractivity contribution in [1.82, 2.24) is 0 Å². The van der Waals surface area contributed by atoms with Gasteiger partial charge in [-0.15, -0.1) is 0 Å². The van der Waals surface area contributed by atoms with Gasteiger partial charge in [0.15, 0.2) is 40.0 Å². The summed E-state index contributed by atoms with van der Waals surface area (Å²) in [6, 6.07) is 34.7. The van der Waals surface area contributed by atoms with Crippen molar-refractivity contribution in [1.29, 1.82) is 0 Å². The monoisotopic (exact) mass is 882 g/mol. The Kier molecular flexibility index (Phi) is 12.4. The molecule has 2 aliphatic carbocycles. The van der Waals surface area contributed by atoms with Crippen LogP contribution in [0.1, 0.15) is 81.0 Å². The average molecular weight is 883 g/mol. The van der Waals surface area contributed by atoms with E-state index in [-0.39, 0.29) is 69.5 Å². The lowest BCUT2D eigenvalue weighted by Crippen LogP contribution is -2.46. The summed E-state index contributed by atoms with van der Waals surface area (Å²) in [4.78, 5) is 41.7. The van der Waals surface area contributed by atoms with Crippen LogP contribution in [0.2, 0.25) is 0 Å². The lowest BCUT2D eigenvalue weighted by atomic mass is 9.86. The third kappa shape index (κ3) is 8.92. The molecular formula is C51H46O14. The maximum absolute atomic E-state index is 14.0. The highest BCUT2D eigenvalue weighted by molar-refractivity contribution is 5.81. The molecule has 2 aliphatic rings. The molecule has 14 nitrogen and oxygen atoms in total. The molecule has 7 aromatic rings. The zero-order valence-electron chi connectivity index (χ0n) is 34.9. The van der Waals surface area contributed by atoms with E-state index in [9.17, 15) is 45.0 Å². The first-order chi connectivity index (χ1) is 31.4. The number of hydrogen-bond donors (Lipinski definition) is 6. The Hall–Kier alpha value is -6.65. The van der Waals surface area contributed by atoms with Crippen molar-refractivity contribution in [3.8, 4) is 11.5 Å². The molecule has 0 spiro atoms. The Labute approximate surface area is 370 Å². The second-order valence-electron chi connectivity index (χ2n) is 16.5. The van der Waals surface area contributed by atoms with Crippen molar-refractivity contribution < 1.29 is 53.4 Å². The van der Waals surface area contributed by atoms with Gasteiger partial charge in [0, 0.05) is 43.5 Å². The minimum absolute atomic E-state index is 0.0000617. The van der Waals surface area contributed by atoms with E-state index in [1.54, 1.807) is 0 Å². The van der Waals surface area contributed by atoms with Crippen LogP contribution in [-0.2, 0) is 38.5 Å². The van der Waals surface area contributed by atoms with Gasteiger partial charge >= 0.3 is 0 Å². The van der Waals surface area contributed by atoms with Crippen molar-refractivity contribution in [2.45, 2.75) is 87.4 Å². The van der Waals surface area contributed by atoms with E-state index >= 15 is 0 Å². The second kappa shape index (κ2) is 18.4. The number of aliphatic hydroxyl groups is 6. The Bertz CT molecular complexity index is 2980. The summed E-state index contributed by atoms with van der Waals surface area (Å²) < 4.78 is 31.0. The van der Waals surface area contributed by atoms with E-state index < -0.39 is 65.1 Å². The maximum Gasteiger partial charge on any atom is 0.193 e. The third-order valence-electron chi connectivity index (χ3n) is 12.1. The molecule has 334 valence electrons. The Balaban J connectivity index is 1.12. The molecule has 8 atom stereocenters. The van der Waals surface area contributed by atoms with Crippen LogP contribution in [0, 0.1) is 0 Å². The number of fused-ring (bicyclic) bond motifs is 3. The fourth-order valence-electron chi connectivity index (χ4n) is 8.56. The maximum atomic E-state index is 14.0. The highest BCUT2D eigenvalue weighted by Crippen LogP contribution is 2.45. The summed E-state index contributed by atoms with van der Waals surface area (Å²) in [6.45, 7) is 0. The van der Waals surface area contributed by atoms with E-state index in [0.29, 0.717) is 31.4 Å². The van der Waals surface area contributed by atoms with Gasteiger partial charge in [0.25, 0.3) is 0 Å². The van der Waals surface area contributed by atoms with Crippen molar-refractivity contribution in [2.75, 3.05) is 0 Å². The van der Waals surface area contributed by atoms with Crippen LogP contribution in [0.5, 0.6) is 11.5 Å². The molecule has 0 radical (unpaired) electrons. The van der Waals surface area contributed by atoms with Gasteiger partial charge in [0.2, 0.25) is 0 Å². The van der Waals surface area contributed by atoms with Crippen molar-refractivity contribution in [3.63, 3.8) is 0 Å². The predicted molar refractivity (Wildman–Crippen MR) is 235 cm³/mol. The highest BCUT2D eigenvalue weighted by atomic mass is 16.6. The molecule has 14 heteroatoms. The van der Waals surface area contributed by atoms with Crippen LogP contribution in [0.15, 0.2) is 149 Å². The average Bonchev–Trinajstić information content (AvgIpc) is 3.32. The van der Waals surface area contributed by atoms with Crippen molar-refractivity contribution in [3.05, 3.63) is 209 Å². The van der Waals surface area contributed by atoms with E-state index in [0.717, 1.165) is 16.7 Å². The fraction of sp³-hybridized carbons (Fsp3) is 0.275. The highest BCUT2D eigenvalue weighted by Gasteiger charge is 2.48. The van der Waals surface area contributed by atoms with E-state index in [2.05, 4.69) is 0 Å². The van der Waals surface area contributed by atoms with E-state index in [4.69, 9.17) is 22.7 Å². The lowest BCUT2D eigenvalue weighted by Gasteiger charge is -2.37. The molecule has 3 aromatic heterocycles. The minimum Gasteiger partial charge on any atom is -0.479 e. The molecule has 0 amide bonds. The van der Waals surface area contributed by atoms with Gasteiger partial charge in [0.05, 0.1) is 16.5 Å². The molecule has 0 aliphatic heterocycles. The van der Waals surface area contributed by atoms with Gasteiger partial charge in [-0.1, -0.05) is 91.0 Å². The van der Waals surface area contributed by atoms with Crippen LogP contribution >= 0.6 is 0 Å². The second-order valence-corrected chi connectivity index (χ2v) is 16.5. The van der Waals surface area contributed by atoms with Gasteiger partial charge in [-0.3, -0.25) is 14.4 Å². The summed E-state index contributed by atoms with van der Waals surface area (Å²) >= 11 is 0. The van der Waals surface area contributed by atoms with Crippen LogP contribution in [0.3, 0.4) is 0 Å². The topological polar surface area (TPSA) is 230 Å². The Morgan fingerprint density at radius 1 is 0.415 bits per heavy atom. The van der Waals surface area contributed by atoms with Gasteiger partial charge in [-0.2, -0.15) is 0 Å². The summed E-state index contributed by atoms with van der Waals surface area (Å²) in [6.07, 6.45) is -12.4. The van der Waals surface area contributed by atoms with Crippen molar-refractivity contribution >= 4 is 11.0 Å². The largest absolute Gasteiger partial charge is 0.479 e.